The third kappa shape index (κ3) is 1.60. The predicted octanol–water partition coefficient (Wildman–Crippen LogP) is 1.26. The standard InChI is InChI=1S/C11H11NO2/c13-7-11(14)10-6-5-8-3-1-2-4-9(8)12-10/h1-6,11,13-14H,7H2/t11-/m0/s1. The molecule has 0 spiro atoms. The summed E-state index contributed by atoms with van der Waals surface area (Å²) >= 11 is 0. The predicted molar refractivity (Wildman–Crippen MR) is 53.8 cm³/mol. The number of benzene rings is 1. The van der Waals surface area contributed by atoms with Crippen LogP contribution in [0.1, 0.15) is 11.8 Å². The molecule has 0 unspecified atom stereocenters. The van der Waals surface area contributed by atoms with Gasteiger partial charge in [0, 0.05) is 5.39 Å². The highest BCUT2D eigenvalue weighted by molar-refractivity contribution is 5.78. The number of aromatic nitrogens is 1. The van der Waals surface area contributed by atoms with Crippen LogP contribution in [0.2, 0.25) is 0 Å². The number of rotatable bonds is 2. The Morgan fingerprint density at radius 2 is 1.93 bits per heavy atom. The van der Waals surface area contributed by atoms with E-state index in [2.05, 4.69) is 4.98 Å². The van der Waals surface area contributed by atoms with E-state index in [4.69, 9.17) is 5.11 Å². The lowest BCUT2D eigenvalue weighted by Crippen LogP contribution is -2.04. The molecular formula is C11H11NO2. The number of pyridine rings is 1. The fraction of sp³-hybridized carbons (Fsp3) is 0.182. The van der Waals surface area contributed by atoms with E-state index in [0.717, 1.165) is 10.9 Å². The Morgan fingerprint density at radius 1 is 1.14 bits per heavy atom. The molecule has 0 bridgehead atoms. The summed E-state index contributed by atoms with van der Waals surface area (Å²) < 4.78 is 0. The molecule has 0 saturated carbocycles. The maximum absolute atomic E-state index is 9.38. The van der Waals surface area contributed by atoms with Crippen molar-refractivity contribution in [3.8, 4) is 0 Å². The largest absolute Gasteiger partial charge is 0.393 e. The van der Waals surface area contributed by atoms with Crippen LogP contribution in [0.15, 0.2) is 36.4 Å². The van der Waals surface area contributed by atoms with E-state index in [-0.39, 0.29) is 6.61 Å². The van der Waals surface area contributed by atoms with Crippen molar-refractivity contribution in [3.63, 3.8) is 0 Å². The van der Waals surface area contributed by atoms with Gasteiger partial charge in [0.2, 0.25) is 0 Å². The SMILES string of the molecule is OC[C@H](O)c1ccc2ccccc2n1. The number of fused-ring (bicyclic) bond motifs is 1. The van der Waals surface area contributed by atoms with Crippen molar-refractivity contribution >= 4 is 10.9 Å². The zero-order chi connectivity index (χ0) is 9.97. The molecule has 1 heterocycles. The molecule has 3 heteroatoms. The summed E-state index contributed by atoms with van der Waals surface area (Å²) in [5.41, 5.74) is 1.34. The number of hydrogen-bond acceptors (Lipinski definition) is 3. The van der Waals surface area contributed by atoms with Crippen molar-refractivity contribution in [2.75, 3.05) is 6.61 Å². The first kappa shape index (κ1) is 9.12. The highest BCUT2D eigenvalue weighted by Crippen LogP contribution is 2.15. The van der Waals surface area contributed by atoms with Crippen LogP contribution in [-0.4, -0.2) is 21.8 Å². The molecule has 0 aliphatic heterocycles. The van der Waals surface area contributed by atoms with E-state index < -0.39 is 6.10 Å². The van der Waals surface area contributed by atoms with Crippen LogP contribution < -0.4 is 0 Å². The third-order valence-corrected chi connectivity index (χ3v) is 2.13. The lowest BCUT2D eigenvalue weighted by atomic mass is 10.1. The van der Waals surface area contributed by atoms with Gasteiger partial charge in [0.1, 0.15) is 6.10 Å². The minimum atomic E-state index is -0.889. The molecule has 2 aromatic rings. The van der Waals surface area contributed by atoms with Crippen molar-refractivity contribution < 1.29 is 10.2 Å². The maximum atomic E-state index is 9.38. The van der Waals surface area contributed by atoms with Gasteiger partial charge in [0.05, 0.1) is 17.8 Å². The lowest BCUT2D eigenvalue weighted by molar-refractivity contribution is 0.0925. The summed E-state index contributed by atoms with van der Waals surface area (Å²) in [6, 6.07) is 11.3. The molecule has 0 fully saturated rings. The summed E-state index contributed by atoms with van der Waals surface area (Å²) in [4.78, 5) is 4.24. The highest BCUT2D eigenvalue weighted by Gasteiger charge is 2.07. The zero-order valence-electron chi connectivity index (χ0n) is 7.59. The molecule has 0 radical (unpaired) electrons. The topological polar surface area (TPSA) is 53.4 Å². The van der Waals surface area contributed by atoms with Gasteiger partial charge < -0.3 is 10.2 Å². The van der Waals surface area contributed by atoms with Crippen LogP contribution in [-0.2, 0) is 0 Å². The monoisotopic (exact) mass is 189 g/mol. The molecular weight excluding hydrogens is 178 g/mol. The van der Waals surface area contributed by atoms with Gasteiger partial charge in [-0.05, 0) is 12.1 Å². The van der Waals surface area contributed by atoms with E-state index in [1.807, 2.05) is 30.3 Å². The fourth-order valence-corrected chi connectivity index (χ4v) is 1.36. The Labute approximate surface area is 81.7 Å². The van der Waals surface area contributed by atoms with Crippen molar-refractivity contribution in [3.05, 3.63) is 42.1 Å². The Morgan fingerprint density at radius 3 is 2.71 bits per heavy atom. The molecule has 14 heavy (non-hydrogen) atoms. The summed E-state index contributed by atoms with van der Waals surface area (Å²) in [6.07, 6.45) is -0.889. The van der Waals surface area contributed by atoms with Crippen molar-refractivity contribution in [2.24, 2.45) is 0 Å². The average Bonchev–Trinajstić information content (AvgIpc) is 2.27. The van der Waals surface area contributed by atoms with Gasteiger partial charge >= 0.3 is 0 Å². The first-order valence-corrected chi connectivity index (χ1v) is 4.46. The second kappa shape index (κ2) is 3.74. The van der Waals surface area contributed by atoms with Crippen LogP contribution in [0.3, 0.4) is 0 Å². The average molecular weight is 189 g/mol. The lowest BCUT2D eigenvalue weighted by Gasteiger charge is -2.06. The molecule has 3 nitrogen and oxygen atoms in total. The molecule has 72 valence electrons. The Hall–Kier alpha value is -1.45. The van der Waals surface area contributed by atoms with Gasteiger partial charge in [-0.25, -0.2) is 4.98 Å². The quantitative estimate of drug-likeness (QED) is 0.747. The first-order chi connectivity index (χ1) is 6.81. The second-order valence-corrected chi connectivity index (χ2v) is 3.13. The summed E-state index contributed by atoms with van der Waals surface area (Å²) in [5, 5.41) is 19.2. The molecule has 2 rings (SSSR count). The fourth-order valence-electron chi connectivity index (χ4n) is 1.36. The van der Waals surface area contributed by atoms with Crippen LogP contribution in [0.4, 0.5) is 0 Å². The third-order valence-electron chi connectivity index (χ3n) is 2.13. The number of aliphatic hydroxyl groups excluding tert-OH is 2. The molecule has 1 aromatic carbocycles. The molecule has 0 amide bonds. The zero-order valence-corrected chi connectivity index (χ0v) is 7.59. The van der Waals surface area contributed by atoms with E-state index in [1.165, 1.54) is 0 Å². The molecule has 0 aliphatic rings. The van der Waals surface area contributed by atoms with E-state index >= 15 is 0 Å². The van der Waals surface area contributed by atoms with Gasteiger partial charge in [0.25, 0.3) is 0 Å². The summed E-state index contributed by atoms with van der Waals surface area (Å²) in [6.45, 7) is -0.300. The smallest absolute Gasteiger partial charge is 0.119 e. The molecule has 2 N–H and O–H groups in total. The summed E-state index contributed by atoms with van der Waals surface area (Å²) in [5.74, 6) is 0. The van der Waals surface area contributed by atoms with Crippen LogP contribution >= 0.6 is 0 Å². The molecule has 0 aliphatic carbocycles. The van der Waals surface area contributed by atoms with E-state index in [9.17, 15) is 5.11 Å². The minimum Gasteiger partial charge on any atom is -0.393 e. The van der Waals surface area contributed by atoms with Crippen LogP contribution in [0, 0.1) is 0 Å². The van der Waals surface area contributed by atoms with Gasteiger partial charge in [-0.1, -0.05) is 24.3 Å². The van der Waals surface area contributed by atoms with Crippen LogP contribution in [0.5, 0.6) is 0 Å². The van der Waals surface area contributed by atoms with Crippen molar-refractivity contribution in [1.82, 2.24) is 4.98 Å². The van der Waals surface area contributed by atoms with E-state index in [0.29, 0.717) is 5.69 Å². The number of nitrogens with zero attached hydrogens (tertiary/aromatic N) is 1. The number of para-hydroxylation sites is 1. The maximum Gasteiger partial charge on any atom is 0.119 e. The highest BCUT2D eigenvalue weighted by atomic mass is 16.3. The Balaban J connectivity index is 2.51. The van der Waals surface area contributed by atoms with Gasteiger partial charge in [-0.15, -0.1) is 0 Å². The minimum absolute atomic E-state index is 0.300. The second-order valence-electron chi connectivity index (χ2n) is 3.13. The first-order valence-electron chi connectivity index (χ1n) is 4.46. The van der Waals surface area contributed by atoms with Crippen molar-refractivity contribution in [1.29, 1.82) is 0 Å². The van der Waals surface area contributed by atoms with Gasteiger partial charge in [-0.3, -0.25) is 0 Å². The Bertz CT molecular complexity index is 442. The number of aliphatic hydroxyl groups is 2. The van der Waals surface area contributed by atoms with Gasteiger partial charge in [0.15, 0.2) is 0 Å². The molecule has 1 atom stereocenters. The molecule has 0 saturated heterocycles. The number of hydrogen-bond donors (Lipinski definition) is 2. The van der Waals surface area contributed by atoms with Crippen molar-refractivity contribution in [2.45, 2.75) is 6.10 Å². The van der Waals surface area contributed by atoms with Crippen LogP contribution in [0.25, 0.3) is 10.9 Å². The molecule has 1 aromatic heterocycles. The van der Waals surface area contributed by atoms with Gasteiger partial charge in [-0.2, -0.15) is 0 Å². The summed E-state index contributed by atoms with van der Waals surface area (Å²) in [7, 11) is 0. The normalized spacial score (nSPS) is 13.0. The van der Waals surface area contributed by atoms with E-state index in [1.54, 1.807) is 6.07 Å². The Kier molecular flexibility index (Phi) is 2.43.